The number of unbranched alkanes of at least 4 members (excludes halogenated alkanes) is 1. The van der Waals surface area contributed by atoms with E-state index in [-0.39, 0.29) is 0 Å². The Hall–Kier alpha value is -3.50. The Morgan fingerprint density at radius 1 is 0.611 bits per heavy atom. The van der Waals surface area contributed by atoms with Crippen molar-refractivity contribution in [2.45, 2.75) is 39.8 Å². The number of hydrogen-bond acceptors (Lipinski definition) is 8. The van der Waals surface area contributed by atoms with Gasteiger partial charge in [0.1, 0.15) is 23.8 Å². The molecule has 4 rings (SSSR count). The number of aryl methyl sites for hydroxylation is 2. The monoisotopic (exact) mass is 520 g/mol. The summed E-state index contributed by atoms with van der Waals surface area (Å²) in [6.07, 6.45) is 6.21. The molecule has 0 saturated heterocycles. The van der Waals surface area contributed by atoms with Gasteiger partial charge in [-0.15, -0.1) is 0 Å². The predicted octanol–water partition coefficient (Wildman–Crippen LogP) is 7.56. The number of rotatable bonds is 13. The van der Waals surface area contributed by atoms with Crippen molar-refractivity contribution in [2.24, 2.45) is 20.5 Å². The highest BCUT2D eigenvalue weighted by molar-refractivity contribution is 7.13. The average Bonchev–Trinajstić information content (AvgIpc) is 3.58. The second kappa shape index (κ2) is 13.6. The maximum Gasteiger partial charge on any atom is 0.408 e. The molecule has 0 radical (unpaired) electrons. The summed E-state index contributed by atoms with van der Waals surface area (Å²) in [4.78, 5) is 0. The first-order valence-corrected chi connectivity index (χ1v) is 14.0. The van der Waals surface area contributed by atoms with Crippen LogP contribution in [0, 0.1) is 0 Å². The molecule has 0 bridgehead atoms. The van der Waals surface area contributed by atoms with Crippen LogP contribution in [0.2, 0.25) is 0 Å². The minimum absolute atomic E-state index is 0.851. The molecule has 0 atom stereocenters. The summed E-state index contributed by atoms with van der Waals surface area (Å²) in [5.41, 5.74) is 3.89. The zero-order chi connectivity index (χ0) is 25.0. The van der Waals surface area contributed by atoms with Gasteiger partial charge in [-0.1, -0.05) is 0 Å². The molecule has 0 spiro atoms. The molecule has 2 heterocycles. The van der Waals surface area contributed by atoms with Gasteiger partial charge in [-0.3, -0.25) is 0 Å². The summed E-state index contributed by atoms with van der Waals surface area (Å²) < 4.78 is 4.16. The zero-order valence-corrected chi connectivity index (χ0v) is 22.3. The molecule has 0 aliphatic heterocycles. The Bertz CT molecular complexity index is 1160. The van der Waals surface area contributed by atoms with Crippen molar-refractivity contribution in [3.05, 3.63) is 71.7 Å². The van der Waals surface area contributed by atoms with Crippen LogP contribution in [0.15, 0.2) is 92.1 Å². The van der Waals surface area contributed by atoms with Crippen LogP contribution < -0.4 is 19.8 Å². The van der Waals surface area contributed by atoms with Gasteiger partial charge in [-0.2, -0.15) is 0 Å². The molecule has 0 unspecified atom stereocenters. The number of hydrogen-bond donors (Lipinski definition) is 2. The van der Waals surface area contributed by atoms with E-state index in [0.29, 0.717) is 0 Å². The molecule has 0 aliphatic carbocycles. The topological polar surface area (TPSA) is 81.3 Å². The number of nitrogens with one attached hydrogen (secondary N) is 2. The van der Waals surface area contributed by atoms with Crippen LogP contribution in [-0.4, -0.2) is 13.1 Å². The lowest BCUT2D eigenvalue weighted by Crippen LogP contribution is -2.28. The highest BCUT2D eigenvalue weighted by Gasteiger charge is 2.10. The molecule has 2 aromatic carbocycles. The zero-order valence-electron chi connectivity index (χ0n) is 20.7. The van der Waals surface area contributed by atoms with Crippen molar-refractivity contribution in [3.8, 4) is 0 Å². The molecular formula is C26H32N8S2+2. The third-order valence-electron chi connectivity index (χ3n) is 5.50. The Morgan fingerprint density at radius 2 is 1.03 bits per heavy atom. The number of thiazole rings is 2. The fourth-order valence-corrected chi connectivity index (χ4v) is 4.93. The van der Waals surface area contributed by atoms with Crippen LogP contribution in [0.5, 0.6) is 0 Å². The molecule has 0 saturated carbocycles. The number of anilines is 2. The van der Waals surface area contributed by atoms with E-state index >= 15 is 0 Å². The molecule has 10 heteroatoms. The van der Waals surface area contributed by atoms with E-state index in [9.17, 15) is 0 Å². The predicted molar refractivity (Wildman–Crippen MR) is 148 cm³/mol. The van der Waals surface area contributed by atoms with Crippen molar-refractivity contribution in [3.63, 3.8) is 0 Å². The Balaban J connectivity index is 1.13. The van der Waals surface area contributed by atoms with Crippen LogP contribution in [0.1, 0.15) is 26.7 Å². The SMILES string of the molecule is CC[n+]1ccsc1/N=N/c1ccc(NCCCCNc2ccc(/N=N/c3scc[n+]3CC)cc2)cc1. The highest BCUT2D eigenvalue weighted by atomic mass is 32.1. The molecular weight excluding hydrogens is 488 g/mol. The van der Waals surface area contributed by atoms with E-state index < -0.39 is 0 Å². The fraction of sp³-hybridized carbons (Fsp3) is 0.308. The first-order valence-electron chi connectivity index (χ1n) is 12.2. The summed E-state index contributed by atoms with van der Waals surface area (Å²) in [7, 11) is 0. The van der Waals surface area contributed by atoms with Gasteiger partial charge in [-0.25, -0.2) is 9.13 Å². The summed E-state index contributed by atoms with van der Waals surface area (Å²) in [5, 5.41) is 30.2. The van der Waals surface area contributed by atoms with E-state index in [2.05, 4.69) is 54.1 Å². The van der Waals surface area contributed by atoms with E-state index in [1.165, 1.54) is 0 Å². The Morgan fingerprint density at radius 3 is 1.42 bits per heavy atom. The third kappa shape index (κ3) is 7.50. The van der Waals surface area contributed by atoms with Gasteiger partial charge in [0.15, 0.2) is 0 Å². The Labute approximate surface area is 220 Å². The number of azo groups is 2. The first-order chi connectivity index (χ1) is 17.7. The van der Waals surface area contributed by atoms with Gasteiger partial charge in [0, 0.05) is 35.2 Å². The van der Waals surface area contributed by atoms with Gasteiger partial charge < -0.3 is 10.6 Å². The molecule has 0 fully saturated rings. The summed E-state index contributed by atoms with van der Waals surface area (Å²) in [6, 6.07) is 16.2. The van der Waals surface area contributed by atoms with Gasteiger partial charge >= 0.3 is 10.3 Å². The van der Waals surface area contributed by atoms with E-state index in [4.69, 9.17) is 0 Å². The number of benzene rings is 2. The lowest BCUT2D eigenvalue weighted by Gasteiger charge is -2.08. The van der Waals surface area contributed by atoms with Crippen molar-refractivity contribution in [2.75, 3.05) is 23.7 Å². The highest BCUT2D eigenvalue weighted by Crippen LogP contribution is 2.22. The Kier molecular flexibility index (Phi) is 9.63. The minimum atomic E-state index is 0.851. The largest absolute Gasteiger partial charge is 0.408 e. The van der Waals surface area contributed by atoms with Crippen LogP contribution >= 0.6 is 22.7 Å². The molecule has 0 aliphatic rings. The normalized spacial score (nSPS) is 11.5. The van der Waals surface area contributed by atoms with E-state index in [1.54, 1.807) is 22.7 Å². The molecule has 36 heavy (non-hydrogen) atoms. The van der Waals surface area contributed by atoms with Gasteiger partial charge in [0.05, 0.1) is 23.3 Å². The maximum atomic E-state index is 4.36. The van der Waals surface area contributed by atoms with Crippen molar-refractivity contribution in [1.29, 1.82) is 0 Å². The summed E-state index contributed by atoms with van der Waals surface area (Å²) in [6.45, 7) is 7.84. The quantitative estimate of drug-likeness (QED) is 0.108. The fourth-order valence-electron chi connectivity index (χ4n) is 3.44. The second-order valence-corrected chi connectivity index (χ2v) is 9.74. The second-order valence-electron chi connectivity index (χ2n) is 8.00. The third-order valence-corrected chi connectivity index (χ3v) is 7.07. The van der Waals surface area contributed by atoms with Crippen molar-refractivity contribution < 1.29 is 9.13 Å². The lowest BCUT2D eigenvalue weighted by molar-refractivity contribution is -0.677. The molecule has 8 nitrogen and oxygen atoms in total. The number of nitrogens with zero attached hydrogens (tertiary/aromatic N) is 6. The lowest BCUT2D eigenvalue weighted by atomic mass is 10.2. The van der Waals surface area contributed by atoms with Gasteiger partial charge in [0.2, 0.25) is 0 Å². The van der Waals surface area contributed by atoms with Crippen LogP contribution in [-0.2, 0) is 13.1 Å². The number of aromatic nitrogens is 2. The summed E-state index contributed by atoms with van der Waals surface area (Å²) >= 11 is 3.18. The maximum absolute atomic E-state index is 4.36. The average molecular weight is 521 g/mol. The van der Waals surface area contributed by atoms with E-state index in [1.807, 2.05) is 71.7 Å². The van der Waals surface area contributed by atoms with Gasteiger partial charge in [0.25, 0.3) is 0 Å². The molecule has 4 aromatic rings. The molecule has 2 aromatic heterocycles. The van der Waals surface area contributed by atoms with Gasteiger partial charge in [-0.05, 0) is 108 Å². The molecule has 186 valence electrons. The standard InChI is InChI=1S/C26H30N8S2/c1-3-33-17-19-35-25(33)31-29-23-11-7-21(8-12-23)27-15-5-6-16-28-22-9-13-24(14-10-22)30-32-26-34(4-2)18-20-36-26/h7-14,17-20H,3-6,15-16H2,1-2H3/p+2. The van der Waals surface area contributed by atoms with Crippen LogP contribution in [0.3, 0.4) is 0 Å². The first kappa shape index (κ1) is 25.6. The minimum Gasteiger partial charge on any atom is -0.385 e. The van der Waals surface area contributed by atoms with Crippen molar-refractivity contribution in [1.82, 2.24) is 0 Å². The van der Waals surface area contributed by atoms with E-state index in [0.717, 1.165) is 72.0 Å². The smallest absolute Gasteiger partial charge is 0.385 e. The molecule has 0 amide bonds. The van der Waals surface area contributed by atoms with Crippen molar-refractivity contribution >= 4 is 55.7 Å². The summed E-state index contributed by atoms with van der Waals surface area (Å²) in [5.74, 6) is 0. The van der Waals surface area contributed by atoms with Crippen LogP contribution in [0.25, 0.3) is 0 Å². The van der Waals surface area contributed by atoms with Crippen LogP contribution in [0.4, 0.5) is 33.0 Å². The molecule has 2 N–H and O–H groups in total.